The fourth-order valence-corrected chi connectivity index (χ4v) is 0.822. The summed E-state index contributed by atoms with van der Waals surface area (Å²) in [7, 11) is 0. The van der Waals surface area contributed by atoms with Crippen molar-refractivity contribution in [2.45, 2.75) is 32.7 Å². The molecular formula is C9H17NO. The van der Waals surface area contributed by atoms with Gasteiger partial charge in [0, 0.05) is 0 Å². The van der Waals surface area contributed by atoms with Crippen LogP contribution in [0, 0.1) is 0 Å². The third kappa shape index (κ3) is 2.76. The van der Waals surface area contributed by atoms with Gasteiger partial charge in [-0.1, -0.05) is 19.6 Å². The number of hydrogen-bond donors (Lipinski definition) is 2. The quantitative estimate of drug-likeness (QED) is 0.484. The number of nitrogens with two attached hydrogens (primary N) is 1. The Hall–Kier alpha value is -0.760. The normalized spacial score (nSPS) is 14.2. The summed E-state index contributed by atoms with van der Waals surface area (Å²) in [6.45, 7) is 9.08. The Bertz CT molecular complexity index is 174. The molecule has 0 aromatic rings. The van der Waals surface area contributed by atoms with E-state index in [2.05, 4.69) is 6.58 Å². The van der Waals surface area contributed by atoms with E-state index in [4.69, 9.17) is 5.73 Å². The Morgan fingerprint density at radius 1 is 1.64 bits per heavy atom. The maximum Gasteiger partial charge on any atom is 0.115 e. The lowest BCUT2D eigenvalue weighted by atomic mass is 9.98. The Balaban J connectivity index is 4.76. The van der Waals surface area contributed by atoms with Crippen LogP contribution in [0.1, 0.15) is 27.2 Å². The van der Waals surface area contributed by atoms with Gasteiger partial charge in [0.1, 0.15) is 5.76 Å². The maximum atomic E-state index is 9.53. The first kappa shape index (κ1) is 10.2. The Labute approximate surface area is 68.4 Å². The molecular weight excluding hydrogens is 138 g/mol. The molecule has 2 nitrogen and oxygen atoms in total. The van der Waals surface area contributed by atoms with E-state index in [-0.39, 0.29) is 5.76 Å². The minimum absolute atomic E-state index is 0.231. The largest absolute Gasteiger partial charge is 0.510 e. The SMILES string of the molecule is C=C/C(CC)=C(\O)C(C)(C)N. The molecule has 0 amide bonds. The molecule has 0 bridgehead atoms. The molecule has 64 valence electrons. The molecule has 0 radical (unpaired) electrons. The third-order valence-corrected chi connectivity index (χ3v) is 1.54. The van der Waals surface area contributed by atoms with Crippen LogP contribution in [0.4, 0.5) is 0 Å². The lowest BCUT2D eigenvalue weighted by Gasteiger charge is -2.19. The average Bonchev–Trinajstić information content (AvgIpc) is 1.88. The molecule has 0 spiro atoms. The van der Waals surface area contributed by atoms with Crippen molar-refractivity contribution >= 4 is 0 Å². The molecule has 0 atom stereocenters. The van der Waals surface area contributed by atoms with E-state index in [1.165, 1.54) is 0 Å². The second-order valence-electron chi connectivity index (χ2n) is 3.15. The lowest BCUT2D eigenvalue weighted by molar-refractivity contribution is 0.316. The molecule has 0 aliphatic rings. The standard InChI is InChI=1S/C9H17NO/c1-5-7(6-2)8(11)9(3,4)10/h5,11H,1,6,10H2,2-4H3/b8-7+. The predicted molar refractivity (Wildman–Crippen MR) is 48.4 cm³/mol. The lowest BCUT2D eigenvalue weighted by Crippen LogP contribution is -2.35. The summed E-state index contributed by atoms with van der Waals surface area (Å²) in [6.07, 6.45) is 2.40. The zero-order valence-electron chi connectivity index (χ0n) is 7.52. The molecule has 0 saturated carbocycles. The van der Waals surface area contributed by atoms with Gasteiger partial charge in [0.15, 0.2) is 0 Å². The molecule has 11 heavy (non-hydrogen) atoms. The number of rotatable bonds is 3. The highest BCUT2D eigenvalue weighted by Gasteiger charge is 2.18. The summed E-state index contributed by atoms with van der Waals surface area (Å²) < 4.78 is 0. The first-order valence-corrected chi connectivity index (χ1v) is 3.77. The Kier molecular flexibility index (Phi) is 3.33. The molecule has 0 fully saturated rings. The molecule has 0 aliphatic carbocycles. The molecule has 2 heteroatoms. The molecule has 0 aromatic heterocycles. The van der Waals surface area contributed by atoms with Crippen LogP contribution in [-0.4, -0.2) is 10.6 Å². The predicted octanol–water partition coefficient (Wildman–Crippen LogP) is 2.13. The van der Waals surface area contributed by atoms with E-state index in [1.54, 1.807) is 19.9 Å². The third-order valence-electron chi connectivity index (χ3n) is 1.54. The molecule has 0 aromatic carbocycles. The van der Waals surface area contributed by atoms with E-state index in [9.17, 15) is 5.11 Å². The highest BCUT2D eigenvalue weighted by atomic mass is 16.3. The number of allylic oxidation sites excluding steroid dienone is 2. The number of aliphatic hydroxyl groups is 1. The minimum Gasteiger partial charge on any atom is -0.510 e. The van der Waals surface area contributed by atoms with Gasteiger partial charge >= 0.3 is 0 Å². The van der Waals surface area contributed by atoms with Crippen molar-refractivity contribution in [3.05, 3.63) is 24.0 Å². The summed E-state index contributed by atoms with van der Waals surface area (Å²) in [6, 6.07) is 0. The first-order chi connectivity index (χ1) is 4.93. The Morgan fingerprint density at radius 2 is 2.09 bits per heavy atom. The fourth-order valence-electron chi connectivity index (χ4n) is 0.822. The van der Waals surface area contributed by atoms with Crippen LogP contribution in [0.5, 0.6) is 0 Å². The van der Waals surface area contributed by atoms with Gasteiger partial charge in [-0.05, 0) is 25.8 Å². The van der Waals surface area contributed by atoms with Crippen LogP contribution in [-0.2, 0) is 0 Å². The second-order valence-corrected chi connectivity index (χ2v) is 3.15. The molecule has 0 aliphatic heterocycles. The smallest absolute Gasteiger partial charge is 0.115 e. The van der Waals surface area contributed by atoms with E-state index in [0.717, 1.165) is 12.0 Å². The highest BCUT2D eigenvalue weighted by molar-refractivity contribution is 5.25. The summed E-state index contributed by atoms with van der Waals surface area (Å²) in [5.74, 6) is 0.231. The topological polar surface area (TPSA) is 46.2 Å². The van der Waals surface area contributed by atoms with Crippen molar-refractivity contribution in [1.29, 1.82) is 0 Å². The zero-order chi connectivity index (χ0) is 9.07. The van der Waals surface area contributed by atoms with Gasteiger partial charge < -0.3 is 10.8 Å². The molecule has 0 unspecified atom stereocenters. The maximum absolute atomic E-state index is 9.53. The van der Waals surface area contributed by atoms with Crippen molar-refractivity contribution < 1.29 is 5.11 Å². The average molecular weight is 155 g/mol. The van der Waals surface area contributed by atoms with E-state index >= 15 is 0 Å². The second kappa shape index (κ2) is 3.58. The first-order valence-electron chi connectivity index (χ1n) is 3.77. The van der Waals surface area contributed by atoms with E-state index in [1.807, 2.05) is 6.92 Å². The zero-order valence-corrected chi connectivity index (χ0v) is 7.52. The van der Waals surface area contributed by atoms with Gasteiger partial charge in [-0.3, -0.25) is 0 Å². The van der Waals surface area contributed by atoms with Crippen LogP contribution >= 0.6 is 0 Å². The van der Waals surface area contributed by atoms with Gasteiger partial charge in [-0.2, -0.15) is 0 Å². The van der Waals surface area contributed by atoms with Crippen LogP contribution in [0.15, 0.2) is 24.0 Å². The summed E-state index contributed by atoms with van der Waals surface area (Å²) in [5, 5.41) is 9.53. The monoisotopic (exact) mass is 155 g/mol. The van der Waals surface area contributed by atoms with Crippen molar-refractivity contribution in [2.75, 3.05) is 0 Å². The van der Waals surface area contributed by atoms with Crippen molar-refractivity contribution in [1.82, 2.24) is 0 Å². The van der Waals surface area contributed by atoms with E-state index < -0.39 is 5.54 Å². The van der Waals surface area contributed by atoms with Crippen molar-refractivity contribution in [3.63, 3.8) is 0 Å². The van der Waals surface area contributed by atoms with Gasteiger partial charge in [0.2, 0.25) is 0 Å². The van der Waals surface area contributed by atoms with Crippen LogP contribution in [0.25, 0.3) is 0 Å². The van der Waals surface area contributed by atoms with Crippen LogP contribution in [0.2, 0.25) is 0 Å². The Morgan fingerprint density at radius 3 is 2.18 bits per heavy atom. The van der Waals surface area contributed by atoms with E-state index in [0.29, 0.717) is 0 Å². The van der Waals surface area contributed by atoms with Gasteiger partial charge in [-0.15, -0.1) is 0 Å². The summed E-state index contributed by atoms with van der Waals surface area (Å²) in [5.41, 5.74) is 5.84. The molecule has 3 N–H and O–H groups in total. The molecule has 0 heterocycles. The molecule has 0 rings (SSSR count). The van der Waals surface area contributed by atoms with Crippen LogP contribution in [0.3, 0.4) is 0 Å². The van der Waals surface area contributed by atoms with Crippen molar-refractivity contribution in [3.8, 4) is 0 Å². The van der Waals surface area contributed by atoms with Crippen LogP contribution < -0.4 is 5.73 Å². The van der Waals surface area contributed by atoms with Gasteiger partial charge in [0.05, 0.1) is 5.54 Å². The fraction of sp³-hybridized carbons (Fsp3) is 0.556. The van der Waals surface area contributed by atoms with Crippen molar-refractivity contribution in [2.24, 2.45) is 5.73 Å². The summed E-state index contributed by atoms with van der Waals surface area (Å²) in [4.78, 5) is 0. The molecule has 0 saturated heterocycles. The summed E-state index contributed by atoms with van der Waals surface area (Å²) >= 11 is 0. The number of hydrogen-bond acceptors (Lipinski definition) is 2. The van der Waals surface area contributed by atoms with Gasteiger partial charge in [-0.25, -0.2) is 0 Å². The minimum atomic E-state index is -0.653. The van der Waals surface area contributed by atoms with Gasteiger partial charge in [0.25, 0.3) is 0 Å². The number of aliphatic hydroxyl groups excluding tert-OH is 1. The highest BCUT2D eigenvalue weighted by Crippen LogP contribution is 2.16.